The van der Waals surface area contributed by atoms with E-state index in [-0.39, 0.29) is 5.75 Å². The molecule has 0 heterocycles. The fraction of sp³-hybridized carbons (Fsp3) is 0.294. The average Bonchev–Trinajstić information content (AvgIpc) is 2.52. The standard InChI is InChI=1S/C17H19F3O4SSi/c1-23-14-10-13(12-8-6-5-7-9-12)11-15(16(14)26(2,3)4)24-25(21,22)17(18,19)20/h5-11H,1-4H3. The molecule has 0 saturated carbocycles. The van der Waals surface area contributed by atoms with Crippen molar-refractivity contribution in [2.45, 2.75) is 25.1 Å². The molecule has 0 amide bonds. The van der Waals surface area contributed by atoms with Crippen molar-refractivity contribution in [2.24, 2.45) is 0 Å². The summed E-state index contributed by atoms with van der Waals surface area (Å²) in [5, 5.41) is 0.368. The Morgan fingerprint density at radius 3 is 1.92 bits per heavy atom. The van der Waals surface area contributed by atoms with Crippen LogP contribution in [0.15, 0.2) is 42.5 Å². The van der Waals surface area contributed by atoms with Crippen LogP contribution in [0.2, 0.25) is 19.6 Å². The Balaban J connectivity index is 2.74. The van der Waals surface area contributed by atoms with E-state index in [2.05, 4.69) is 4.18 Å². The van der Waals surface area contributed by atoms with Crippen LogP contribution >= 0.6 is 0 Å². The lowest BCUT2D eigenvalue weighted by Gasteiger charge is -2.24. The van der Waals surface area contributed by atoms with Gasteiger partial charge in [0.25, 0.3) is 0 Å². The van der Waals surface area contributed by atoms with E-state index in [9.17, 15) is 21.6 Å². The third-order valence-electron chi connectivity index (χ3n) is 3.63. The summed E-state index contributed by atoms with van der Waals surface area (Å²) in [6, 6.07) is 11.8. The van der Waals surface area contributed by atoms with Crippen LogP contribution in [0.25, 0.3) is 11.1 Å². The first-order valence-corrected chi connectivity index (χ1v) is 12.6. The number of hydrogen-bond acceptors (Lipinski definition) is 4. The molecule has 0 fully saturated rings. The molecule has 142 valence electrons. The third kappa shape index (κ3) is 4.21. The molecule has 0 aliphatic rings. The van der Waals surface area contributed by atoms with E-state index >= 15 is 0 Å². The molecule has 9 heteroatoms. The quantitative estimate of drug-likeness (QED) is 0.427. The van der Waals surface area contributed by atoms with Gasteiger partial charge in [-0.05, 0) is 23.3 Å². The Morgan fingerprint density at radius 2 is 1.46 bits per heavy atom. The monoisotopic (exact) mass is 404 g/mol. The summed E-state index contributed by atoms with van der Waals surface area (Å²) in [4.78, 5) is 0. The number of rotatable bonds is 5. The van der Waals surface area contributed by atoms with Gasteiger partial charge in [0, 0.05) is 5.19 Å². The maximum absolute atomic E-state index is 12.8. The Hall–Kier alpha value is -2.00. The molecular weight excluding hydrogens is 385 g/mol. The minimum Gasteiger partial charge on any atom is -0.497 e. The lowest BCUT2D eigenvalue weighted by atomic mass is 10.1. The van der Waals surface area contributed by atoms with Crippen LogP contribution in [-0.2, 0) is 10.1 Å². The molecule has 2 aromatic carbocycles. The molecule has 0 spiro atoms. The van der Waals surface area contributed by atoms with Crippen LogP contribution in [0, 0.1) is 0 Å². The van der Waals surface area contributed by atoms with Crippen molar-refractivity contribution in [1.82, 2.24) is 0 Å². The Kier molecular flexibility index (Phi) is 5.43. The highest BCUT2D eigenvalue weighted by Crippen LogP contribution is 2.34. The lowest BCUT2D eigenvalue weighted by molar-refractivity contribution is -0.0499. The number of methoxy groups -OCH3 is 1. The molecule has 0 N–H and O–H groups in total. The zero-order chi connectivity index (χ0) is 19.8. The average molecular weight is 404 g/mol. The predicted octanol–water partition coefficient (Wildman–Crippen LogP) is 4.14. The lowest BCUT2D eigenvalue weighted by Crippen LogP contribution is -2.41. The molecule has 0 atom stereocenters. The summed E-state index contributed by atoms with van der Waals surface area (Å²) in [5.41, 5.74) is -4.32. The van der Waals surface area contributed by atoms with Gasteiger partial charge in [0.05, 0.1) is 15.2 Å². The number of hydrogen-bond donors (Lipinski definition) is 0. The van der Waals surface area contributed by atoms with Crippen LogP contribution < -0.4 is 14.1 Å². The molecule has 2 rings (SSSR count). The van der Waals surface area contributed by atoms with Gasteiger partial charge < -0.3 is 8.92 Å². The van der Waals surface area contributed by atoms with Gasteiger partial charge in [0.15, 0.2) is 0 Å². The van der Waals surface area contributed by atoms with Gasteiger partial charge in [-0.25, -0.2) is 0 Å². The van der Waals surface area contributed by atoms with E-state index in [0.29, 0.717) is 22.1 Å². The maximum atomic E-state index is 12.8. The van der Waals surface area contributed by atoms with Crippen LogP contribution in [0.5, 0.6) is 11.5 Å². The van der Waals surface area contributed by atoms with Gasteiger partial charge in [-0.15, -0.1) is 0 Å². The smallest absolute Gasteiger partial charge is 0.497 e. The zero-order valence-corrected chi connectivity index (χ0v) is 16.5. The summed E-state index contributed by atoms with van der Waals surface area (Å²) in [6.45, 7) is 5.58. The first-order chi connectivity index (χ1) is 11.9. The van der Waals surface area contributed by atoms with E-state index in [0.717, 1.165) is 0 Å². The van der Waals surface area contributed by atoms with E-state index in [1.807, 2.05) is 19.6 Å². The van der Waals surface area contributed by atoms with Crippen molar-refractivity contribution in [3.8, 4) is 22.6 Å². The van der Waals surface area contributed by atoms with E-state index in [1.165, 1.54) is 13.2 Å². The van der Waals surface area contributed by atoms with Gasteiger partial charge in [-0.2, -0.15) is 21.6 Å². The first kappa shape index (κ1) is 20.3. The van der Waals surface area contributed by atoms with Gasteiger partial charge in [-0.3, -0.25) is 0 Å². The van der Waals surface area contributed by atoms with Crippen LogP contribution in [0.3, 0.4) is 0 Å². The van der Waals surface area contributed by atoms with E-state index in [1.54, 1.807) is 36.4 Å². The van der Waals surface area contributed by atoms with Crippen molar-refractivity contribution >= 4 is 23.4 Å². The highest BCUT2D eigenvalue weighted by Gasteiger charge is 2.49. The number of halogens is 3. The first-order valence-electron chi connectivity index (χ1n) is 7.65. The second-order valence-corrected chi connectivity index (χ2v) is 13.2. The summed E-state index contributed by atoms with van der Waals surface area (Å²) in [6.07, 6.45) is 0. The molecule has 0 bridgehead atoms. The van der Waals surface area contributed by atoms with Crippen LogP contribution in [-0.4, -0.2) is 29.1 Å². The highest BCUT2D eigenvalue weighted by molar-refractivity contribution is 7.88. The second kappa shape index (κ2) is 6.96. The molecule has 2 aromatic rings. The largest absolute Gasteiger partial charge is 0.534 e. The zero-order valence-electron chi connectivity index (χ0n) is 14.7. The summed E-state index contributed by atoms with van der Waals surface area (Å²) in [5.74, 6) is -0.0439. The van der Waals surface area contributed by atoms with Crippen LogP contribution in [0.1, 0.15) is 0 Å². The fourth-order valence-corrected chi connectivity index (χ4v) is 4.83. The molecule has 0 radical (unpaired) electrons. The molecule has 0 aromatic heterocycles. The highest BCUT2D eigenvalue weighted by atomic mass is 32.2. The van der Waals surface area contributed by atoms with Gasteiger partial charge >= 0.3 is 15.6 Å². The van der Waals surface area contributed by atoms with E-state index in [4.69, 9.17) is 4.74 Å². The SMILES string of the molecule is COc1cc(-c2ccccc2)cc(OS(=O)(=O)C(F)(F)F)c1[Si](C)(C)C. The third-order valence-corrected chi connectivity index (χ3v) is 6.58. The van der Waals surface area contributed by atoms with Gasteiger partial charge in [0.1, 0.15) is 11.5 Å². The topological polar surface area (TPSA) is 52.6 Å². The molecule has 4 nitrogen and oxygen atoms in total. The molecule has 0 aliphatic heterocycles. The minimum absolute atomic E-state index is 0.304. The van der Waals surface area contributed by atoms with Crippen molar-refractivity contribution < 1.29 is 30.5 Å². The van der Waals surface area contributed by atoms with E-state index < -0.39 is 23.7 Å². The molecule has 0 saturated heterocycles. The number of ether oxygens (including phenoxy) is 1. The Bertz CT molecular complexity index is 889. The van der Waals surface area contributed by atoms with Crippen molar-refractivity contribution in [3.63, 3.8) is 0 Å². The second-order valence-electron chi connectivity index (χ2n) is 6.65. The fourth-order valence-electron chi connectivity index (χ4n) is 2.52. The minimum atomic E-state index is -5.79. The molecule has 0 aliphatic carbocycles. The van der Waals surface area contributed by atoms with Crippen molar-refractivity contribution in [1.29, 1.82) is 0 Å². The normalized spacial score (nSPS) is 12.7. The molecule has 26 heavy (non-hydrogen) atoms. The Labute approximate surface area is 151 Å². The number of alkyl halides is 3. The van der Waals surface area contributed by atoms with Crippen molar-refractivity contribution in [2.75, 3.05) is 7.11 Å². The summed E-state index contributed by atoms with van der Waals surface area (Å²) in [7, 11) is -6.71. The van der Waals surface area contributed by atoms with Crippen LogP contribution in [0.4, 0.5) is 13.2 Å². The predicted molar refractivity (Wildman–Crippen MR) is 97.0 cm³/mol. The van der Waals surface area contributed by atoms with Gasteiger partial charge in [0.2, 0.25) is 0 Å². The number of benzene rings is 2. The summed E-state index contributed by atoms with van der Waals surface area (Å²) >= 11 is 0. The van der Waals surface area contributed by atoms with Crippen molar-refractivity contribution in [3.05, 3.63) is 42.5 Å². The Morgan fingerprint density at radius 1 is 0.923 bits per heavy atom. The van der Waals surface area contributed by atoms with Gasteiger partial charge in [-0.1, -0.05) is 50.0 Å². The summed E-state index contributed by atoms with van der Waals surface area (Å²) < 4.78 is 71.5. The maximum Gasteiger partial charge on any atom is 0.534 e. The molecule has 0 unspecified atom stereocenters. The molecular formula is C17H19F3O4SSi.